The van der Waals surface area contributed by atoms with Gasteiger partial charge in [-0.1, -0.05) is 35.3 Å². The van der Waals surface area contributed by atoms with Gasteiger partial charge in [-0.15, -0.1) is 11.3 Å². The van der Waals surface area contributed by atoms with Crippen molar-refractivity contribution < 1.29 is 9.59 Å². The maximum absolute atomic E-state index is 12.1. The van der Waals surface area contributed by atoms with Gasteiger partial charge in [0.15, 0.2) is 0 Å². The van der Waals surface area contributed by atoms with Gasteiger partial charge >= 0.3 is 6.03 Å². The summed E-state index contributed by atoms with van der Waals surface area (Å²) in [6, 6.07) is 7.65. The van der Waals surface area contributed by atoms with Crippen LogP contribution in [0.1, 0.15) is 22.9 Å². The van der Waals surface area contributed by atoms with Gasteiger partial charge in [0.25, 0.3) is 0 Å². The Bertz CT molecular complexity index is 692. The molecule has 0 spiro atoms. The van der Waals surface area contributed by atoms with E-state index in [1.807, 2.05) is 17.5 Å². The summed E-state index contributed by atoms with van der Waals surface area (Å²) in [5.41, 5.74) is 5.93. The second kappa shape index (κ2) is 8.19. The van der Waals surface area contributed by atoms with E-state index in [2.05, 4.69) is 10.6 Å². The minimum absolute atomic E-state index is 0.0919. The van der Waals surface area contributed by atoms with Gasteiger partial charge in [-0.3, -0.25) is 4.79 Å². The first-order chi connectivity index (χ1) is 11.0. The molecule has 1 aromatic heterocycles. The van der Waals surface area contributed by atoms with Crippen molar-refractivity contribution in [2.45, 2.75) is 19.0 Å². The number of nitrogens with one attached hydrogen (secondary N) is 2. The van der Waals surface area contributed by atoms with Crippen molar-refractivity contribution >= 4 is 46.5 Å². The summed E-state index contributed by atoms with van der Waals surface area (Å²) in [7, 11) is 0. The number of amides is 3. The average molecular weight is 372 g/mol. The molecule has 0 fully saturated rings. The highest BCUT2D eigenvalue weighted by atomic mass is 35.5. The fourth-order valence-corrected chi connectivity index (χ4v) is 3.25. The fourth-order valence-electron chi connectivity index (χ4n) is 2.00. The zero-order valence-electron chi connectivity index (χ0n) is 12.0. The van der Waals surface area contributed by atoms with E-state index in [-0.39, 0.29) is 18.9 Å². The summed E-state index contributed by atoms with van der Waals surface area (Å²) in [4.78, 5) is 24.1. The Hall–Kier alpha value is -1.76. The summed E-state index contributed by atoms with van der Waals surface area (Å²) in [6.45, 7) is 0.280. The predicted octanol–water partition coefficient (Wildman–Crippen LogP) is 3.47. The van der Waals surface area contributed by atoms with Crippen molar-refractivity contribution in [3.05, 3.63) is 56.2 Å². The van der Waals surface area contributed by atoms with Gasteiger partial charge in [0.2, 0.25) is 5.91 Å². The third-order valence-electron chi connectivity index (χ3n) is 3.08. The van der Waals surface area contributed by atoms with Crippen molar-refractivity contribution in [2.24, 2.45) is 5.73 Å². The Balaban J connectivity index is 1.95. The minimum atomic E-state index is -0.669. The van der Waals surface area contributed by atoms with Gasteiger partial charge in [-0.25, -0.2) is 4.79 Å². The highest BCUT2D eigenvalue weighted by molar-refractivity contribution is 7.10. The number of urea groups is 1. The summed E-state index contributed by atoms with van der Waals surface area (Å²) in [5, 5.41) is 8.24. The molecule has 0 bridgehead atoms. The molecule has 1 atom stereocenters. The lowest BCUT2D eigenvalue weighted by atomic mass is 10.1. The molecule has 0 saturated heterocycles. The van der Waals surface area contributed by atoms with Crippen LogP contribution < -0.4 is 16.4 Å². The monoisotopic (exact) mass is 371 g/mol. The molecule has 0 unspecified atom stereocenters. The minimum Gasteiger partial charge on any atom is -0.352 e. The third-order valence-corrected chi connectivity index (χ3v) is 4.66. The van der Waals surface area contributed by atoms with E-state index >= 15 is 0 Å². The van der Waals surface area contributed by atoms with E-state index in [9.17, 15) is 9.59 Å². The van der Waals surface area contributed by atoms with Gasteiger partial charge in [-0.2, -0.15) is 0 Å². The van der Waals surface area contributed by atoms with Gasteiger partial charge in [0.05, 0.1) is 12.5 Å². The molecular weight excluding hydrogens is 357 g/mol. The van der Waals surface area contributed by atoms with Crippen molar-refractivity contribution in [3.63, 3.8) is 0 Å². The van der Waals surface area contributed by atoms with E-state index < -0.39 is 12.1 Å². The second-order valence-electron chi connectivity index (χ2n) is 4.79. The first-order valence-electron chi connectivity index (χ1n) is 6.75. The molecule has 1 aromatic carbocycles. The zero-order chi connectivity index (χ0) is 16.8. The molecular formula is C15H15Cl2N3O2S. The summed E-state index contributed by atoms with van der Waals surface area (Å²) in [5.74, 6) is -0.219. The van der Waals surface area contributed by atoms with Gasteiger partial charge in [0, 0.05) is 21.5 Å². The Morgan fingerprint density at radius 3 is 2.65 bits per heavy atom. The third kappa shape index (κ3) is 5.42. The largest absolute Gasteiger partial charge is 0.352 e. The van der Waals surface area contributed by atoms with Gasteiger partial charge in [-0.05, 0) is 29.1 Å². The van der Waals surface area contributed by atoms with Crippen LogP contribution in [0, 0.1) is 0 Å². The van der Waals surface area contributed by atoms with E-state index in [4.69, 9.17) is 28.9 Å². The highest BCUT2D eigenvalue weighted by Crippen LogP contribution is 2.23. The Morgan fingerprint density at radius 1 is 1.26 bits per heavy atom. The van der Waals surface area contributed by atoms with Crippen LogP contribution in [-0.4, -0.2) is 11.9 Å². The molecule has 23 heavy (non-hydrogen) atoms. The molecule has 2 rings (SSSR count). The SMILES string of the molecule is NC(=O)N[C@@H](CC(=O)NCc1ccc(Cl)cc1Cl)c1cccs1. The number of benzene rings is 1. The molecule has 0 saturated carbocycles. The van der Waals surface area contributed by atoms with Crippen molar-refractivity contribution in [2.75, 3.05) is 0 Å². The molecule has 2 aromatic rings. The second-order valence-corrected chi connectivity index (χ2v) is 6.62. The number of hydrogen-bond acceptors (Lipinski definition) is 3. The number of thiophene rings is 1. The van der Waals surface area contributed by atoms with Crippen LogP contribution in [0.5, 0.6) is 0 Å². The first kappa shape index (κ1) is 17.6. The van der Waals surface area contributed by atoms with E-state index in [0.29, 0.717) is 10.0 Å². The van der Waals surface area contributed by atoms with Crippen LogP contribution in [0.3, 0.4) is 0 Å². The van der Waals surface area contributed by atoms with Crippen LogP contribution in [0.4, 0.5) is 4.79 Å². The Morgan fingerprint density at radius 2 is 2.04 bits per heavy atom. The smallest absolute Gasteiger partial charge is 0.312 e. The van der Waals surface area contributed by atoms with E-state index in [0.717, 1.165) is 10.4 Å². The molecule has 8 heteroatoms. The first-order valence-corrected chi connectivity index (χ1v) is 8.39. The Labute approximate surface area is 147 Å². The summed E-state index contributed by atoms with van der Waals surface area (Å²) in [6.07, 6.45) is 0.0919. The van der Waals surface area contributed by atoms with Crippen molar-refractivity contribution in [1.29, 1.82) is 0 Å². The fraction of sp³-hybridized carbons (Fsp3) is 0.200. The molecule has 0 aliphatic carbocycles. The highest BCUT2D eigenvalue weighted by Gasteiger charge is 2.18. The lowest BCUT2D eigenvalue weighted by Crippen LogP contribution is -2.36. The van der Waals surface area contributed by atoms with Crippen LogP contribution in [0.15, 0.2) is 35.7 Å². The van der Waals surface area contributed by atoms with Crippen LogP contribution in [0.25, 0.3) is 0 Å². The zero-order valence-corrected chi connectivity index (χ0v) is 14.3. The standard InChI is InChI=1S/C15H15Cl2N3O2S/c16-10-4-3-9(11(17)6-10)8-19-14(21)7-12(20-15(18)22)13-2-1-5-23-13/h1-6,12H,7-8H2,(H,19,21)(H3,18,20,22)/t12-/m0/s1. The molecule has 5 nitrogen and oxygen atoms in total. The molecule has 122 valence electrons. The molecule has 1 heterocycles. The molecule has 0 aliphatic heterocycles. The topological polar surface area (TPSA) is 84.2 Å². The number of carbonyl (C=O) groups is 2. The number of nitrogens with two attached hydrogens (primary N) is 1. The maximum Gasteiger partial charge on any atom is 0.312 e. The Kier molecular flexibility index (Phi) is 6.27. The average Bonchev–Trinajstić information content (AvgIpc) is 2.99. The predicted molar refractivity (Wildman–Crippen MR) is 92.7 cm³/mol. The summed E-state index contributed by atoms with van der Waals surface area (Å²) >= 11 is 13.3. The lowest BCUT2D eigenvalue weighted by molar-refractivity contribution is -0.121. The number of hydrogen-bond donors (Lipinski definition) is 3. The number of halogens is 2. The van der Waals surface area contributed by atoms with Crippen LogP contribution >= 0.6 is 34.5 Å². The number of primary amides is 1. The van der Waals surface area contributed by atoms with Gasteiger partial charge in [0.1, 0.15) is 0 Å². The molecule has 0 radical (unpaired) electrons. The molecule has 3 amide bonds. The molecule has 0 aliphatic rings. The van der Waals surface area contributed by atoms with Crippen LogP contribution in [-0.2, 0) is 11.3 Å². The lowest BCUT2D eigenvalue weighted by Gasteiger charge is -2.16. The van der Waals surface area contributed by atoms with Crippen molar-refractivity contribution in [3.8, 4) is 0 Å². The summed E-state index contributed by atoms with van der Waals surface area (Å²) < 4.78 is 0. The van der Waals surface area contributed by atoms with Crippen LogP contribution in [0.2, 0.25) is 10.0 Å². The normalized spacial score (nSPS) is 11.7. The van der Waals surface area contributed by atoms with Crippen molar-refractivity contribution in [1.82, 2.24) is 10.6 Å². The van der Waals surface area contributed by atoms with E-state index in [1.165, 1.54) is 11.3 Å². The maximum atomic E-state index is 12.1. The molecule has 4 N–H and O–H groups in total. The number of rotatable bonds is 6. The van der Waals surface area contributed by atoms with Gasteiger partial charge < -0.3 is 16.4 Å². The quantitative estimate of drug-likeness (QED) is 0.726. The number of carbonyl (C=O) groups excluding carboxylic acids is 2. The van der Waals surface area contributed by atoms with E-state index in [1.54, 1.807) is 18.2 Å².